The predicted molar refractivity (Wildman–Crippen MR) is 117 cm³/mol. The Balaban J connectivity index is 1.71. The number of hydrogen-bond donors (Lipinski definition) is 0. The number of fused-ring (bicyclic) bond motifs is 1. The fraction of sp³-hybridized carbons (Fsp3) is 0.320. The van der Waals surface area contributed by atoms with Crippen LogP contribution in [0.25, 0.3) is 22.2 Å². The highest BCUT2D eigenvalue weighted by atomic mass is 16.5. The van der Waals surface area contributed by atoms with Crippen molar-refractivity contribution in [1.29, 1.82) is 0 Å². The van der Waals surface area contributed by atoms with E-state index in [1.165, 1.54) is 5.56 Å². The van der Waals surface area contributed by atoms with Crippen LogP contribution in [0.3, 0.4) is 0 Å². The van der Waals surface area contributed by atoms with Gasteiger partial charge in [0.1, 0.15) is 0 Å². The zero-order valence-corrected chi connectivity index (χ0v) is 17.4. The second-order valence-electron chi connectivity index (χ2n) is 7.78. The van der Waals surface area contributed by atoms with Crippen LogP contribution in [0.5, 0.6) is 0 Å². The summed E-state index contributed by atoms with van der Waals surface area (Å²) in [5.41, 5.74) is 4.34. The molecule has 3 aromatic rings. The third kappa shape index (κ3) is 4.06. The molecule has 4 rings (SSSR count). The summed E-state index contributed by atoms with van der Waals surface area (Å²) in [6, 6.07) is 17.7. The molecule has 1 atom stereocenters. The van der Waals surface area contributed by atoms with Crippen molar-refractivity contribution in [2.75, 3.05) is 19.7 Å². The molecular formula is C25H26N2O3. The van der Waals surface area contributed by atoms with Crippen molar-refractivity contribution >= 4 is 22.8 Å². The van der Waals surface area contributed by atoms with E-state index in [2.05, 4.69) is 0 Å². The van der Waals surface area contributed by atoms with Crippen LogP contribution in [0, 0.1) is 12.8 Å². The standard InChI is InChI=1S/C25H26N2O3/c1-3-30-25(29)19-7-6-14-27(16-19)24(28)21-15-23(18-12-10-17(2)11-13-18)26-22-9-5-4-8-20(21)22/h4-5,8-13,15,19H,3,6-7,14,16H2,1-2H3/t19-/m0/s1. The average molecular weight is 402 g/mol. The Morgan fingerprint density at radius 2 is 1.90 bits per heavy atom. The van der Waals surface area contributed by atoms with E-state index >= 15 is 0 Å². The Hall–Kier alpha value is -3.21. The smallest absolute Gasteiger partial charge is 0.310 e. The molecule has 0 unspecified atom stereocenters. The van der Waals surface area contributed by atoms with Crippen LogP contribution in [-0.2, 0) is 9.53 Å². The van der Waals surface area contributed by atoms with Gasteiger partial charge in [0.05, 0.1) is 29.3 Å². The number of likely N-dealkylation sites (tertiary alicyclic amines) is 1. The van der Waals surface area contributed by atoms with E-state index in [0.717, 1.165) is 35.0 Å². The summed E-state index contributed by atoms with van der Waals surface area (Å²) in [5, 5.41) is 0.830. The Labute approximate surface area is 176 Å². The lowest BCUT2D eigenvalue weighted by Gasteiger charge is -2.32. The molecule has 0 aliphatic carbocycles. The number of hydrogen-bond acceptors (Lipinski definition) is 4. The molecule has 2 aromatic carbocycles. The van der Waals surface area contributed by atoms with Crippen molar-refractivity contribution in [3.63, 3.8) is 0 Å². The maximum absolute atomic E-state index is 13.5. The quantitative estimate of drug-likeness (QED) is 0.597. The first-order valence-electron chi connectivity index (χ1n) is 10.5. The number of benzene rings is 2. The lowest BCUT2D eigenvalue weighted by Crippen LogP contribution is -2.42. The summed E-state index contributed by atoms with van der Waals surface area (Å²) in [6.07, 6.45) is 1.55. The molecule has 1 amide bonds. The van der Waals surface area contributed by atoms with Gasteiger partial charge in [0.15, 0.2) is 0 Å². The molecule has 0 spiro atoms. The van der Waals surface area contributed by atoms with Crippen LogP contribution in [0.2, 0.25) is 0 Å². The minimum absolute atomic E-state index is 0.0593. The fourth-order valence-electron chi connectivity index (χ4n) is 4.01. The van der Waals surface area contributed by atoms with Crippen LogP contribution in [-0.4, -0.2) is 41.5 Å². The number of aryl methyl sites for hydroxylation is 1. The molecule has 30 heavy (non-hydrogen) atoms. The number of esters is 1. The van der Waals surface area contributed by atoms with Crippen molar-refractivity contribution in [2.45, 2.75) is 26.7 Å². The van der Waals surface area contributed by atoms with Gasteiger partial charge in [-0.25, -0.2) is 4.98 Å². The number of piperidine rings is 1. The van der Waals surface area contributed by atoms with Crippen molar-refractivity contribution in [3.05, 3.63) is 65.7 Å². The van der Waals surface area contributed by atoms with Gasteiger partial charge < -0.3 is 9.64 Å². The minimum atomic E-state index is -0.257. The number of para-hydroxylation sites is 1. The van der Waals surface area contributed by atoms with Crippen LogP contribution in [0.15, 0.2) is 54.6 Å². The summed E-state index contributed by atoms with van der Waals surface area (Å²) in [6.45, 7) is 5.25. The van der Waals surface area contributed by atoms with Gasteiger partial charge in [-0.15, -0.1) is 0 Å². The minimum Gasteiger partial charge on any atom is -0.466 e. The van der Waals surface area contributed by atoms with E-state index in [0.29, 0.717) is 25.3 Å². The van der Waals surface area contributed by atoms with E-state index in [9.17, 15) is 9.59 Å². The molecule has 0 N–H and O–H groups in total. The van der Waals surface area contributed by atoms with Crippen molar-refractivity contribution < 1.29 is 14.3 Å². The van der Waals surface area contributed by atoms with E-state index in [-0.39, 0.29) is 17.8 Å². The first-order chi connectivity index (χ1) is 14.6. The van der Waals surface area contributed by atoms with Crippen molar-refractivity contribution in [2.24, 2.45) is 5.92 Å². The molecule has 0 radical (unpaired) electrons. The Morgan fingerprint density at radius 3 is 2.67 bits per heavy atom. The molecule has 0 saturated carbocycles. The van der Waals surface area contributed by atoms with Gasteiger partial charge in [-0.3, -0.25) is 9.59 Å². The van der Waals surface area contributed by atoms with Gasteiger partial charge in [0.2, 0.25) is 0 Å². The fourth-order valence-corrected chi connectivity index (χ4v) is 4.01. The van der Waals surface area contributed by atoms with Crippen LogP contribution < -0.4 is 0 Å². The Bertz CT molecular complexity index is 1080. The van der Waals surface area contributed by atoms with E-state index in [1.54, 1.807) is 11.8 Å². The SMILES string of the molecule is CCOC(=O)[C@H]1CCCN(C(=O)c2cc(-c3ccc(C)cc3)nc3ccccc23)C1. The number of amides is 1. The molecule has 2 heterocycles. The van der Waals surface area contributed by atoms with E-state index in [1.807, 2.05) is 61.5 Å². The molecular weight excluding hydrogens is 376 g/mol. The molecule has 1 aliphatic heterocycles. The largest absolute Gasteiger partial charge is 0.466 e. The monoisotopic (exact) mass is 402 g/mol. The van der Waals surface area contributed by atoms with Gasteiger partial charge in [-0.2, -0.15) is 0 Å². The number of pyridine rings is 1. The predicted octanol–water partition coefficient (Wildman–Crippen LogP) is 4.63. The molecule has 5 nitrogen and oxygen atoms in total. The number of ether oxygens (including phenoxy) is 1. The zero-order chi connectivity index (χ0) is 21.1. The third-order valence-electron chi connectivity index (χ3n) is 5.62. The number of aromatic nitrogens is 1. The highest BCUT2D eigenvalue weighted by Crippen LogP contribution is 2.28. The molecule has 1 aliphatic rings. The molecule has 1 fully saturated rings. The molecule has 0 bridgehead atoms. The average Bonchev–Trinajstić information content (AvgIpc) is 2.78. The van der Waals surface area contributed by atoms with Crippen LogP contribution in [0.4, 0.5) is 0 Å². The van der Waals surface area contributed by atoms with Gasteiger partial charge in [-0.05, 0) is 38.8 Å². The summed E-state index contributed by atoms with van der Waals surface area (Å²) in [4.78, 5) is 32.3. The maximum Gasteiger partial charge on any atom is 0.310 e. The summed E-state index contributed by atoms with van der Waals surface area (Å²) in [7, 11) is 0. The lowest BCUT2D eigenvalue weighted by molar-refractivity contribution is -0.149. The molecule has 5 heteroatoms. The molecule has 154 valence electrons. The van der Waals surface area contributed by atoms with E-state index < -0.39 is 0 Å². The maximum atomic E-state index is 13.5. The number of nitrogens with zero attached hydrogens (tertiary/aromatic N) is 2. The third-order valence-corrected chi connectivity index (χ3v) is 5.62. The van der Waals surface area contributed by atoms with Crippen LogP contribution in [0.1, 0.15) is 35.7 Å². The zero-order valence-electron chi connectivity index (χ0n) is 17.4. The summed E-state index contributed by atoms with van der Waals surface area (Å²) in [5.74, 6) is -0.529. The van der Waals surface area contributed by atoms with Gasteiger partial charge >= 0.3 is 5.97 Å². The van der Waals surface area contributed by atoms with Crippen molar-refractivity contribution in [3.8, 4) is 11.3 Å². The number of carbonyl (C=O) groups is 2. The summed E-state index contributed by atoms with van der Waals surface area (Å²) >= 11 is 0. The van der Waals surface area contributed by atoms with Gasteiger partial charge in [0, 0.05) is 24.0 Å². The van der Waals surface area contributed by atoms with Crippen LogP contribution >= 0.6 is 0 Å². The second kappa shape index (κ2) is 8.66. The second-order valence-corrected chi connectivity index (χ2v) is 7.78. The normalized spacial score (nSPS) is 16.5. The van der Waals surface area contributed by atoms with Gasteiger partial charge in [0.25, 0.3) is 5.91 Å². The highest BCUT2D eigenvalue weighted by molar-refractivity contribution is 6.07. The Kier molecular flexibility index (Phi) is 5.79. The summed E-state index contributed by atoms with van der Waals surface area (Å²) < 4.78 is 5.19. The van der Waals surface area contributed by atoms with E-state index in [4.69, 9.17) is 9.72 Å². The lowest BCUT2D eigenvalue weighted by atomic mass is 9.96. The van der Waals surface area contributed by atoms with Gasteiger partial charge in [-0.1, -0.05) is 48.0 Å². The topological polar surface area (TPSA) is 59.5 Å². The molecule has 1 saturated heterocycles. The number of rotatable bonds is 4. The van der Waals surface area contributed by atoms with Crippen molar-refractivity contribution in [1.82, 2.24) is 9.88 Å². The Morgan fingerprint density at radius 1 is 1.13 bits per heavy atom. The molecule has 1 aromatic heterocycles. The first kappa shape index (κ1) is 20.1. The number of carbonyl (C=O) groups excluding carboxylic acids is 2. The highest BCUT2D eigenvalue weighted by Gasteiger charge is 2.30. The first-order valence-corrected chi connectivity index (χ1v) is 10.5.